The maximum absolute atomic E-state index is 5.25. The van der Waals surface area contributed by atoms with Gasteiger partial charge in [0.25, 0.3) is 0 Å². The summed E-state index contributed by atoms with van der Waals surface area (Å²) >= 11 is 3.54. The van der Waals surface area contributed by atoms with Gasteiger partial charge < -0.3 is 10.1 Å². The van der Waals surface area contributed by atoms with Crippen LogP contribution in [0, 0.1) is 5.41 Å². The average molecular weight is 314 g/mol. The summed E-state index contributed by atoms with van der Waals surface area (Å²) in [5.41, 5.74) is 1.67. The van der Waals surface area contributed by atoms with Crippen LogP contribution in [-0.4, -0.2) is 20.2 Å². The van der Waals surface area contributed by atoms with Crippen molar-refractivity contribution >= 4 is 15.9 Å². The van der Waals surface area contributed by atoms with E-state index in [0.29, 0.717) is 11.5 Å². The predicted molar refractivity (Wildman–Crippen MR) is 81.3 cm³/mol. The molecule has 0 amide bonds. The molecule has 0 saturated heterocycles. The van der Waals surface area contributed by atoms with Gasteiger partial charge >= 0.3 is 0 Å². The summed E-state index contributed by atoms with van der Waals surface area (Å²) in [4.78, 5) is 0. The van der Waals surface area contributed by atoms with E-state index in [0.717, 1.165) is 23.1 Å². The average Bonchev–Trinajstić information content (AvgIpc) is 2.26. The van der Waals surface area contributed by atoms with Crippen LogP contribution in [0.15, 0.2) is 22.7 Å². The van der Waals surface area contributed by atoms with Crippen molar-refractivity contribution in [1.29, 1.82) is 0 Å². The summed E-state index contributed by atoms with van der Waals surface area (Å²) < 4.78 is 6.27. The molecule has 1 rings (SSSR count). The molecule has 0 aliphatic carbocycles. The summed E-state index contributed by atoms with van der Waals surface area (Å²) in [6.07, 6.45) is 2.20. The number of rotatable bonds is 5. The van der Waals surface area contributed by atoms with Crippen LogP contribution in [0.2, 0.25) is 0 Å². The van der Waals surface area contributed by atoms with Crippen LogP contribution in [-0.2, 0) is 6.42 Å². The summed E-state index contributed by atoms with van der Waals surface area (Å²) in [5.74, 6) is 0.885. The van der Waals surface area contributed by atoms with E-state index in [4.69, 9.17) is 4.74 Å². The molecule has 1 aromatic carbocycles. The third kappa shape index (κ3) is 4.99. The zero-order valence-corrected chi connectivity index (χ0v) is 13.6. The van der Waals surface area contributed by atoms with E-state index < -0.39 is 0 Å². The predicted octanol–water partition coefficient (Wildman–Crippen LogP) is 4.02. The van der Waals surface area contributed by atoms with Crippen molar-refractivity contribution in [3.63, 3.8) is 0 Å². The zero-order chi connectivity index (χ0) is 13.8. The molecule has 0 bridgehead atoms. The monoisotopic (exact) mass is 313 g/mol. The molecular formula is C15H24BrNO. The largest absolute Gasteiger partial charge is 0.496 e. The van der Waals surface area contributed by atoms with Crippen LogP contribution in [0.5, 0.6) is 5.75 Å². The van der Waals surface area contributed by atoms with E-state index in [-0.39, 0.29) is 0 Å². The molecule has 0 aliphatic heterocycles. The van der Waals surface area contributed by atoms with Crippen molar-refractivity contribution in [3.05, 3.63) is 28.2 Å². The van der Waals surface area contributed by atoms with Gasteiger partial charge in [0, 0.05) is 6.04 Å². The minimum atomic E-state index is 0.345. The summed E-state index contributed by atoms with van der Waals surface area (Å²) in [6.45, 7) is 6.84. The lowest BCUT2D eigenvalue weighted by atomic mass is 9.86. The lowest BCUT2D eigenvalue weighted by molar-refractivity contribution is 0.316. The molecule has 0 saturated carbocycles. The maximum atomic E-state index is 5.25. The van der Waals surface area contributed by atoms with Gasteiger partial charge in [-0.05, 0) is 58.9 Å². The third-order valence-corrected chi connectivity index (χ3v) is 3.59. The Morgan fingerprint density at radius 2 is 2.00 bits per heavy atom. The number of ether oxygens (including phenoxy) is 1. The SMILES string of the molecule is CNC(Cc1ccc(OC)c(Br)c1)CC(C)(C)C. The molecule has 0 aromatic heterocycles. The molecule has 0 spiro atoms. The van der Waals surface area contributed by atoms with Crippen molar-refractivity contribution < 1.29 is 4.74 Å². The minimum absolute atomic E-state index is 0.345. The number of nitrogens with one attached hydrogen (secondary N) is 1. The first kappa shape index (κ1) is 15.5. The molecule has 18 heavy (non-hydrogen) atoms. The highest BCUT2D eigenvalue weighted by Gasteiger charge is 2.18. The molecule has 1 N–H and O–H groups in total. The minimum Gasteiger partial charge on any atom is -0.496 e. The quantitative estimate of drug-likeness (QED) is 0.886. The molecule has 102 valence electrons. The summed E-state index contributed by atoms with van der Waals surface area (Å²) in [7, 11) is 3.73. The summed E-state index contributed by atoms with van der Waals surface area (Å²) in [6, 6.07) is 6.80. The molecule has 0 fully saturated rings. The number of methoxy groups -OCH3 is 1. The van der Waals surface area contributed by atoms with E-state index in [1.807, 2.05) is 13.1 Å². The zero-order valence-electron chi connectivity index (χ0n) is 12.0. The molecular weight excluding hydrogens is 290 g/mol. The molecule has 1 aromatic rings. The lowest BCUT2D eigenvalue weighted by Gasteiger charge is -2.26. The standard InChI is InChI=1S/C15H24BrNO/c1-15(2,3)10-12(17-4)8-11-6-7-14(18-5)13(16)9-11/h6-7,9,12,17H,8,10H2,1-5H3. The first-order valence-electron chi connectivity index (χ1n) is 6.35. The van der Waals surface area contributed by atoms with Crippen LogP contribution >= 0.6 is 15.9 Å². The number of benzene rings is 1. The van der Waals surface area contributed by atoms with E-state index in [1.54, 1.807) is 7.11 Å². The van der Waals surface area contributed by atoms with Gasteiger partial charge in [0.2, 0.25) is 0 Å². The Balaban J connectivity index is 2.73. The van der Waals surface area contributed by atoms with Crippen molar-refractivity contribution in [2.75, 3.05) is 14.2 Å². The second kappa shape index (κ2) is 6.58. The number of likely N-dealkylation sites (N-methyl/N-ethyl adjacent to an activating group) is 1. The summed E-state index contributed by atoms with van der Waals surface area (Å²) in [5, 5.41) is 3.41. The Morgan fingerprint density at radius 3 is 2.44 bits per heavy atom. The van der Waals surface area contributed by atoms with Gasteiger partial charge in [0.1, 0.15) is 5.75 Å². The van der Waals surface area contributed by atoms with Crippen LogP contribution < -0.4 is 10.1 Å². The molecule has 0 radical (unpaired) electrons. The van der Waals surface area contributed by atoms with E-state index in [1.165, 1.54) is 5.56 Å². The van der Waals surface area contributed by atoms with Crippen LogP contribution in [0.1, 0.15) is 32.8 Å². The number of hydrogen-bond donors (Lipinski definition) is 1. The topological polar surface area (TPSA) is 21.3 Å². The molecule has 3 heteroatoms. The van der Waals surface area contributed by atoms with Crippen LogP contribution in [0.3, 0.4) is 0 Å². The van der Waals surface area contributed by atoms with Gasteiger partial charge in [-0.15, -0.1) is 0 Å². The molecule has 1 unspecified atom stereocenters. The fraction of sp³-hybridized carbons (Fsp3) is 0.600. The van der Waals surface area contributed by atoms with Gasteiger partial charge in [-0.25, -0.2) is 0 Å². The Labute approximate surface area is 119 Å². The lowest BCUT2D eigenvalue weighted by Crippen LogP contribution is -2.32. The first-order chi connectivity index (χ1) is 8.35. The highest BCUT2D eigenvalue weighted by Crippen LogP contribution is 2.27. The smallest absolute Gasteiger partial charge is 0.133 e. The van der Waals surface area contributed by atoms with E-state index in [2.05, 4.69) is 54.2 Å². The van der Waals surface area contributed by atoms with Crippen molar-refractivity contribution in [3.8, 4) is 5.75 Å². The van der Waals surface area contributed by atoms with E-state index in [9.17, 15) is 0 Å². The second-order valence-corrected chi connectivity index (χ2v) is 6.78. The highest BCUT2D eigenvalue weighted by molar-refractivity contribution is 9.10. The number of halogens is 1. The van der Waals surface area contributed by atoms with Gasteiger partial charge in [-0.1, -0.05) is 26.8 Å². The Hall–Kier alpha value is -0.540. The van der Waals surface area contributed by atoms with Crippen molar-refractivity contribution in [2.24, 2.45) is 5.41 Å². The van der Waals surface area contributed by atoms with Gasteiger partial charge in [-0.2, -0.15) is 0 Å². The van der Waals surface area contributed by atoms with Gasteiger partial charge in [0.15, 0.2) is 0 Å². The first-order valence-corrected chi connectivity index (χ1v) is 7.14. The molecule has 2 nitrogen and oxygen atoms in total. The Kier molecular flexibility index (Phi) is 5.67. The molecule has 0 aliphatic rings. The number of hydrogen-bond acceptors (Lipinski definition) is 2. The maximum Gasteiger partial charge on any atom is 0.133 e. The van der Waals surface area contributed by atoms with Crippen LogP contribution in [0.4, 0.5) is 0 Å². The van der Waals surface area contributed by atoms with Crippen molar-refractivity contribution in [1.82, 2.24) is 5.32 Å². The normalized spacial score (nSPS) is 13.4. The Bertz CT molecular complexity index is 385. The third-order valence-electron chi connectivity index (χ3n) is 2.97. The van der Waals surface area contributed by atoms with E-state index >= 15 is 0 Å². The fourth-order valence-electron chi connectivity index (χ4n) is 2.14. The Morgan fingerprint density at radius 1 is 1.33 bits per heavy atom. The highest BCUT2D eigenvalue weighted by atomic mass is 79.9. The fourth-order valence-corrected chi connectivity index (χ4v) is 2.72. The van der Waals surface area contributed by atoms with Crippen molar-refractivity contribution in [2.45, 2.75) is 39.7 Å². The molecule has 0 heterocycles. The van der Waals surface area contributed by atoms with Gasteiger partial charge in [0.05, 0.1) is 11.6 Å². The van der Waals surface area contributed by atoms with Crippen LogP contribution in [0.25, 0.3) is 0 Å². The second-order valence-electron chi connectivity index (χ2n) is 5.92. The molecule has 1 atom stereocenters. The van der Waals surface area contributed by atoms with Gasteiger partial charge in [-0.3, -0.25) is 0 Å².